The summed E-state index contributed by atoms with van der Waals surface area (Å²) in [7, 11) is 0. The highest BCUT2D eigenvalue weighted by atomic mass is 16.5. The molecular formula is C23H22O. The van der Waals surface area contributed by atoms with Crippen molar-refractivity contribution < 1.29 is 4.74 Å². The van der Waals surface area contributed by atoms with Crippen LogP contribution in [0.2, 0.25) is 0 Å². The van der Waals surface area contributed by atoms with E-state index < -0.39 is 0 Å². The molecule has 0 unspecified atom stereocenters. The minimum absolute atomic E-state index is 0.132. The summed E-state index contributed by atoms with van der Waals surface area (Å²) >= 11 is 0. The monoisotopic (exact) mass is 314 g/mol. The van der Waals surface area contributed by atoms with Gasteiger partial charge in [0.2, 0.25) is 0 Å². The summed E-state index contributed by atoms with van der Waals surface area (Å²) in [5, 5.41) is 0. The molecule has 1 fully saturated rings. The predicted octanol–water partition coefficient (Wildman–Crippen LogP) is 4.83. The van der Waals surface area contributed by atoms with Crippen LogP contribution < -0.4 is 0 Å². The standard InChI is InChI=1S/C23H22O/c1-3-4-14-23(17-24-18-23)15-8-11-21-16-19(2)12-13-22(21)20-9-6-5-7-10-20/h5-7,9-10,12-13,16H,14-15,17-18H2,1-2H3. The van der Waals surface area contributed by atoms with E-state index in [4.69, 9.17) is 4.74 Å². The normalized spacial score (nSPS) is 14.6. The summed E-state index contributed by atoms with van der Waals surface area (Å²) in [5.41, 5.74) is 4.87. The van der Waals surface area contributed by atoms with E-state index >= 15 is 0 Å². The number of ether oxygens (including phenoxy) is 1. The van der Waals surface area contributed by atoms with Gasteiger partial charge in [0, 0.05) is 23.8 Å². The Morgan fingerprint density at radius 3 is 2.42 bits per heavy atom. The maximum absolute atomic E-state index is 5.41. The van der Waals surface area contributed by atoms with E-state index in [0.717, 1.165) is 31.6 Å². The summed E-state index contributed by atoms with van der Waals surface area (Å²) in [6, 6.07) is 16.9. The van der Waals surface area contributed by atoms with E-state index in [9.17, 15) is 0 Å². The van der Waals surface area contributed by atoms with Crippen LogP contribution in [0.15, 0.2) is 48.5 Å². The molecule has 3 rings (SSSR count). The van der Waals surface area contributed by atoms with Gasteiger partial charge in [-0.2, -0.15) is 0 Å². The molecule has 1 saturated heterocycles. The third-order valence-electron chi connectivity index (χ3n) is 4.40. The molecule has 1 aliphatic heterocycles. The minimum atomic E-state index is 0.132. The molecule has 0 spiro atoms. The highest BCUT2D eigenvalue weighted by Gasteiger charge is 2.37. The molecule has 120 valence electrons. The lowest BCUT2D eigenvalue weighted by Crippen LogP contribution is -2.41. The van der Waals surface area contributed by atoms with Crippen LogP contribution in [0.3, 0.4) is 0 Å². The number of benzene rings is 2. The molecule has 0 aliphatic carbocycles. The van der Waals surface area contributed by atoms with Crippen LogP contribution in [-0.2, 0) is 4.74 Å². The molecule has 0 bridgehead atoms. The zero-order chi connectivity index (χ0) is 16.8. The lowest BCUT2D eigenvalue weighted by Gasteiger charge is -2.38. The van der Waals surface area contributed by atoms with E-state index in [1.165, 1.54) is 16.7 Å². The highest BCUT2D eigenvalue weighted by Crippen LogP contribution is 2.34. The summed E-state index contributed by atoms with van der Waals surface area (Å²) in [6.07, 6.45) is 1.71. The molecule has 1 heteroatoms. The van der Waals surface area contributed by atoms with E-state index in [1.54, 1.807) is 0 Å². The fourth-order valence-electron chi connectivity index (χ4n) is 2.89. The maximum atomic E-state index is 5.41. The van der Waals surface area contributed by atoms with Gasteiger partial charge in [-0.1, -0.05) is 54.3 Å². The molecule has 1 nitrogen and oxygen atoms in total. The van der Waals surface area contributed by atoms with Crippen LogP contribution in [0, 0.1) is 36.0 Å². The molecular weight excluding hydrogens is 292 g/mol. The van der Waals surface area contributed by atoms with Crippen LogP contribution in [0.5, 0.6) is 0 Å². The Kier molecular flexibility index (Phi) is 5.05. The van der Waals surface area contributed by atoms with Gasteiger partial charge in [-0.3, -0.25) is 0 Å². The van der Waals surface area contributed by atoms with Gasteiger partial charge in [0.1, 0.15) is 0 Å². The second-order valence-corrected chi connectivity index (χ2v) is 6.49. The van der Waals surface area contributed by atoms with Crippen LogP contribution >= 0.6 is 0 Å². The number of rotatable bonds is 3. The first kappa shape index (κ1) is 16.4. The lowest BCUT2D eigenvalue weighted by molar-refractivity contribution is -0.106. The zero-order valence-corrected chi connectivity index (χ0v) is 14.4. The van der Waals surface area contributed by atoms with Crippen LogP contribution in [0.4, 0.5) is 0 Å². The van der Waals surface area contributed by atoms with Gasteiger partial charge in [-0.05, 0) is 36.6 Å². The molecule has 2 aromatic rings. The first-order chi connectivity index (χ1) is 11.7. The number of hydrogen-bond acceptors (Lipinski definition) is 1. The van der Waals surface area contributed by atoms with Crippen molar-refractivity contribution in [3.8, 4) is 34.8 Å². The lowest BCUT2D eigenvalue weighted by atomic mass is 9.79. The van der Waals surface area contributed by atoms with Crippen molar-refractivity contribution in [3.63, 3.8) is 0 Å². The molecule has 0 atom stereocenters. The van der Waals surface area contributed by atoms with Crippen molar-refractivity contribution in [1.29, 1.82) is 0 Å². The van der Waals surface area contributed by atoms with Crippen LogP contribution in [-0.4, -0.2) is 13.2 Å². The molecule has 0 radical (unpaired) electrons. The summed E-state index contributed by atoms with van der Waals surface area (Å²) in [6.45, 7) is 5.54. The van der Waals surface area contributed by atoms with Gasteiger partial charge in [0.25, 0.3) is 0 Å². The third kappa shape index (κ3) is 3.70. The average molecular weight is 314 g/mol. The van der Waals surface area contributed by atoms with Gasteiger partial charge in [0.05, 0.1) is 13.2 Å². The molecule has 0 amide bonds. The van der Waals surface area contributed by atoms with Gasteiger partial charge in [-0.25, -0.2) is 0 Å². The Bertz CT molecular complexity index is 821. The second-order valence-electron chi connectivity index (χ2n) is 6.49. The first-order valence-corrected chi connectivity index (χ1v) is 8.35. The van der Waals surface area contributed by atoms with Gasteiger partial charge in [-0.15, -0.1) is 11.8 Å². The maximum Gasteiger partial charge on any atom is 0.0563 e. The molecule has 24 heavy (non-hydrogen) atoms. The molecule has 0 saturated carbocycles. The van der Waals surface area contributed by atoms with E-state index in [0.29, 0.717) is 0 Å². The smallest absolute Gasteiger partial charge is 0.0563 e. The summed E-state index contributed by atoms with van der Waals surface area (Å²) in [5.74, 6) is 13.0. The molecule has 1 aliphatic rings. The first-order valence-electron chi connectivity index (χ1n) is 8.35. The van der Waals surface area contributed by atoms with Crippen LogP contribution in [0.1, 0.15) is 30.9 Å². The summed E-state index contributed by atoms with van der Waals surface area (Å²) < 4.78 is 5.41. The van der Waals surface area contributed by atoms with Gasteiger partial charge in [0.15, 0.2) is 0 Å². The Labute approximate surface area is 145 Å². The van der Waals surface area contributed by atoms with Crippen LogP contribution in [0.25, 0.3) is 11.1 Å². The Balaban J connectivity index is 1.85. The molecule has 0 aromatic heterocycles. The van der Waals surface area contributed by atoms with E-state index in [1.807, 2.05) is 13.0 Å². The largest absolute Gasteiger partial charge is 0.380 e. The molecule has 1 heterocycles. The van der Waals surface area contributed by atoms with E-state index in [-0.39, 0.29) is 5.41 Å². The predicted molar refractivity (Wildman–Crippen MR) is 99.4 cm³/mol. The van der Waals surface area contributed by atoms with Crippen molar-refractivity contribution >= 4 is 0 Å². The molecule has 0 N–H and O–H groups in total. The Morgan fingerprint density at radius 1 is 1.00 bits per heavy atom. The Morgan fingerprint density at radius 2 is 1.75 bits per heavy atom. The fourth-order valence-corrected chi connectivity index (χ4v) is 2.89. The second kappa shape index (κ2) is 7.39. The van der Waals surface area contributed by atoms with Gasteiger partial charge < -0.3 is 4.74 Å². The zero-order valence-electron chi connectivity index (χ0n) is 14.4. The van der Waals surface area contributed by atoms with Crippen molar-refractivity contribution in [1.82, 2.24) is 0 Å². The number of hydrogen-bond donors (Lipinski definition) is 0. The van der Waals surface area contributed by atoms with Crippen molar-refractivity contribution in [3.05, 3.63) is 59.7 Å². The van der Waals surface area contributed by atoms with Crippen molar-refractivity contribution in [2.45, 2.75) is 26.7 Å². The third-order valence-corrected chi connectivity index (χ3v) is 4.40. The van der Waals surface area contributed by atoms with Gasteiger partial charge >= 0.3 is 0 Å². The fraction of sp³-hybridized carbons (Fsp3) is 0.304. The minimum Gasteiger partial charge on any atom is -0.380 e. The highest BCUT2D eigenvalue weighted by molar-refractivity contribution is 5.71. The Hall–Kier alpha value is -2.48. The molecule has 2 aromatic carbocycles. The summed E-state index contributed by atoms with van der Waals surface area (Å²) in [4.78, 5) is 0. The van der Waals surface area contributed by atoms with Crippen molar-refractivity contribution in [2.24, 2.45) is 5.41 Å². The average Bonchev–Trinajstić information content (AvgIpc) is 2.57. The van der Waals surface area contributed by atoms with E-state index in [2.05, 4.69) is 73.1 Å². The number of aryl methyl sites for hydroxylation is 1. The topological polar surface area (TPSA) is 9.23 Å². The SMILES string of the molecule is CC#CCC1(CC#Cc2cc(C)ccc2-c2ccccc2)COC1. The quantitative estimate of drug-likeness (QED) is 0.737. The van der Waals surface area contributed by atoms with Crippen molar-refractivity contribution in [2.75, 3.05) is 13.2 Å².